The quantitative estimate of drug-likeness (QED) is 0.334. The minimum Gasteiger partial charge on any atom is -0.352 e. The van der Waals surface area contributed by atoms with Gasteiger partial charge in [0.25, 0.3) is 0 Å². The lowest BCUT2D eigenvalue weighted by Crippen LogP contribution is -2.37. The van der Waals surface area contributed by atoms with Crippen LogP contribution in [0.1, 0.15) is 22.2 Å². The van der Waals surface area contributed by atoms with Crippen molar-refractivity contribution in [1.82, 2.24) is 19.8 Å². The van der Waals surface area contributed by atoms with Gasteiger partial charge in [0.2, 0.25) is 12.0 Å². The molecular formula is C19H18Cl2N8O4S2. The van der Waals surface area contributed by atoms with Crippen molar-refractivity contribution < 1.29 is 9.85 Å². The molecule has 0 aliphatic carbocycles. The third kappa shape index (κ3) is 5.83. The lowest BCUT2D eigenvalue weighted by atomic mass is 9.99. The lowest BCUT2D eigenvalue weighted by molar-refractivity contribution is -0.417. The van der Waals surface area contributed by atoms with Crippen molar-refractivity contribution in [1.29, 1.82) is 0 Å². The van der Waals surface area contributed by atoms with Gasteiger partial charge in [0, 0.05) is 42.9 Å². The Labute approximate surface area is 217 Å². The fourth-order valence-corrected chi connectivity index (χ4v) is 5.85. The van der Waals surface area contributed by atoms with Crippen LogP contribution in [0, 0.1) is 20.2 Å². The SMILES string of the molecule is CN1CC(c2cnc(Cl)s2)N=C1C(=C(CC=C[N+](=O)[O-])C1CN=CN1Cc1cnc(Cl)s1)[N+](=O)[O-]. The van der Waals surface area contributed by atoms with Crippen LogP contribution in [0.4, 0.5) is 0 Å². The molecule has 0 saturated carbocycles. The maximum Gasteiger partial charge on any atom is 0.312 e. The minimum atomic E-state index is -0.603. The Morgan fingerprint density at radius 1 is 1.23 bits per heavy atom. The maximum atomic E-state index is 12.4. The summed E-state index contributed by atoms with van der Waals surface area (Å²) in [5.74, 6) is 0.196. The number of allylic oxidation sites excluding steroid dienone is 1. The van der Waals surface area contributed by atoms with E-state index in [0.717, 1.165) is 16.0 Å². The minimum absolute atomic E-state index is 0.0187. The summed E-state index contributed by atoms with van der Waals surface area (Å²) in [6, 6.07) is -0.860. The molecule has 2 aromatic heterocycles. The number of hydrogen-bond acceptors (Lipinski definition) is 12. The van der Waals surface area contributed by atoms with Gasteiger partial charge in [0.1, 0.15) is 6.04 Å². The van der Waals surface area contributed by atoms with Crippen LogP contribution in [0.2, 0.25) is 8.93 Å². The second kappa shape index (κ2) is 10.8. The van der Waals surface area contributed by atoms with Crippen molar-refractivity contribution in [2.45, 2.75) is 25.0 Å². The number of nitrogens with zero attached hydrogens (tertiary/aromatic N) is 8. The van der Waals surface area contributed by atoms with Crippen molar-refractivity contribution in [3.63, 3.8) is 0 Å². The second-order valence-electron chi connectivity index (χ2n) is 7.62. The summed E-state index contributed by atoms with van der Waals surface area (Å²) in [5.41, 5.74) is 0.177. The molecule has 2 aliphatic heterocycles. The van der Waals surface area contributed by atoms with Gasteiger partial charge in [-0.25, -0.2) is 9.97 Å². The first-order valence-electron chi connectivity index (χ1n) is 10.2. The Morgan fingerprint density at radius 3 is 2.60 bits per heavy atom. The van der Waals surface area contributed by atoms with E-state index < -0.39 is 15.9 Å². The molecule has 0 spiro atoms. The number of rotatable bonds is 9. The van der Waals surface area contributed by atoms with Crippen LogP contribution < -0.4 is 0 Å². The van der Waals surface area contributed by atoms with Crippen molar-refractivity contribution in [2.75, 3.05) is 20.1 Å². The third-order valence-corrected chi connectivity index (χ3v) is 7.66. The van der Waals surface area contributed by atoms with E-state index in [1.54, 1.807) is 30.7 Å². The zero-order valence-electron chi connectivity index (χ0n) is 18.2. The maximum absolute atomic E-state index is 12.4. The Morgan fingerprint density at radius 2 is 1.97 bits per heavy atom. The molecule has 0 amide bonds. The number of halogens is 2. The van der Waals surface area contributed by atoms with Crippen LogP contribution in [0.5, 0.6) is 0 Å². The molecule has 0 fully saturated rings. The number of aromatic nitrogens is 2. The lowest BCUT2D eigenvalue weighted by Gasteiger charge is -2.26. The average molecular weight is 557 g/mol. The average Bonchev–Trinajstić information content (AvgIpc) is 3.57. The van der Waals surface area contributed by atoms with Crippen LogP contribution in [0.15, 0.2) is 45.9 Å². The van der Waals surface area contributed by atoms with E-state index in [4.69, 9.17) is 23.2 Å². The number of hydrogen-bond donors (Lipinski definition) is 0. The molecule has 2 atom stereocenters. The predicted octanol–water partition coefficient (Wildman–Crippen LogP) is 3.92. The number of aliphatic imine (C=N–C) groups is 2. The Kier molecular flexibility index (Phi) is 7.74. The topological polar surface area (TPSA) is 143 Å². The highest BCUT2D eigenvalue weighted by Gasteiger charge is 2.39. The smallest absolute Gasteiger partial charge is 0.312 e. The first-order chi connectivity index (χ1) is 16.7. The molecule has 16 heteroatoms. The molecule has 0 saturated heterocycles. The summed E-state index contributed by atoms with van der Waals surface area (Å²) in [5, 5.41) is 23.3. The van der Waals surface area contributed by atoms with E-state index in [1.165, 1.54) is 28.7 Å². The molecule has 2 aromatic rings. The molecule has 0 bridgehead atoms. The van der Waals surface area contributed by atoms with Gasteiger partial charge in [0.15, 0.2) is 8.93 Å². The first kappa shape index (κ1) is 25.2. The van der Waals surface area contributed by atoms with Gasteiger partial charge in [-0.15, -0.1) is 22.7 Å². The standard InChI is InChI=1S/C19H18Cl2N8O4S2/c1-26-9-13(15-7-24-19(21)35-15)25-17(26)16(29(32)33)12(3-2-4-28(30)31)14-6-22-10-27(14)8-11-5-23-18(20)34-11/h2,4-5,7,10,13-14H,3,6,8-9H2,1H3. The van der Waals surface area contributed by atoms with Gasteiger partial charge in [-0.05, 0) is 6.08 Å². The van der Waals surface area contributed by atoms with E-state index in [-0.39, 0.29) is 30.5 Å². The molecule has 0 N–H and O–H groups in total. The summed E-state index contributed by atoms with van der Waals surface area (Å²) in [4.78, 5) is 44.5. The van der Waals surface area contributed by atoms with Crippen LogP contribution in [0.3, 0.4) is 0 Å². The molecular weight excluding hydrogens is 539 g/mol. The van der Waals surface area contributed by atoms with Crippen molar-refractivity contribution in [3.05, 3.63) is 74.9 Å². The monoisotopic (exact) mass is 556 g/mol. The second-order valence-corrected chi connectivity index (χ2v) is 11.0. The summed E-state index contributed by atoms with van der Waals surface area (Å²) in [6.07, 6.45) is 6.93. The van der Waals surface area contributed by atoms with Gasteiger partial charge in [-0.3, -0.25) is 30.2 Å². The van der Waals surface area contributed by atoms with Gasteiger partial charge in [-0.2, -0.15) is 0 Å². The van der Waals surface area contributed by atoms with Gasteiger partial charge in [0.05, 0.1) is 40.2 Å². The van der Waals surface area contributed by atoms with E-state index in [2.05, 4.69) is 20.0 Å². The molecule has 4 heterocycles. The summed E-state index contributed by atoms with van der Waals surface area (Å²) >= 11 is 14.5. The fraction of sp³-hybridized carbons (Fsp3) is 0.368. The molecule has 2 aliphatic rings. The Hall–Kier alpha value is -2.94. The molecule has 2 unspecified atom stereocenters. The fourth-order valence-electron chi connectivity index (χ4n) is 3.88. The number of amidine groups is 1. The van der Waals surface area contributed by atoms with E-state index in [1.807, 2.05) is 4.90 Å². The molecule has 35 heavy (non-hydrogen) atoms. The molecule has 0 aromatic carbocycles. The summed E-state index contributed by atoms with van der Waals surface area (Å²) < 4.78 is 0.753. The van der Waals surface area contributed by atoms with Gasteiger partial charge in [-0.1, -0.05) is 23.2 Å². The zero-order valence-corrected chi connectivity index (χ0v) is 21.3. The summed E-state index contributed by atoms with van der Waals surface area (Å²) in [6.45, 7) is 1.06. The highest BCUT2D eigenvalue weighted by atomic mass is 35.5. The molecule has 12 nitrogen and oxygen atoms in total. The number of thiazole rings is 2. The van der Waals surface area contributed by atoms with Crippen LogP contribution in [-0.2, 0) is 6.54 Å². The first-order valence-corrected chi connectivity index (χ1v) is 12.6. The van der Waals surface area contributed by atoms with E-state index >= 15 is 0 Å². The largest absolute Gasteiger partial charge is 0.352 e. The van der Waals surface area contributed by atoms with Crippen molar-refractivity contribution in [3.8, 4) is 0 Å². The van der Waals surface area contributed by atoms with Crippen molar-refractivity contribution >= 4 is 58.0 Å². The molecule has 4 rings (SSSR count). The van der Waals surface area contributed by atoms with Crippen molar-refractivity contribution in [2.24, 2.45) is 9.98 Å². The van der Waals surface area contributed by atoms with Crippen LogP contribution in [0.25, 0.3) is 0 Å². The third-order valence-electron chi connectivity index (χ3n) is 5.35. The van der Waals surface area contributed by atoms with E-state index in [0.29, 0.717) is 27.6 Å². The molecule has 184 valence electrons. The predicted molar refractivity (Wildman–Crippen MR) is 135 cm³/mol. The summed E-state index contributed by atoms with van der Waals surface area (Å²) in [7, 11) is 1.72. The number of nitro groups is 2. The highest BCUT2D eigenvalue weighted by Crippen LogP contribution is 2.34. The number of likely N-dealkylation sites (N-methyl/N-ethyl adjacent to an activating group) is 1. The normalized spacial score (nSPS) is 20.6. The van der Waals surface area contributed by atoms with Crippen LogP contribution in [-0.4, -0.2) is 68.0 Å². The van der Waals surface area contributed by atoms with Gasteiger partial charge >= 0.3 is 5.70 Å². The Balaban J connectivity index is 1.75. The van der Waals surface area contributed by atoms with Gasteiger partial charge < -0.3 is 9.80 Å². The molecule has 0 radical (unpaired) electrons. The van der Waals surface area contributed by atoms with E-state index in [9.17, 15) is 20.2 Å². The van der Waals surface area contributed by atoms with Crippen LogP contribution >= 0.6 is 45.9 Å². The Bertz CT molecular complexity index is 1260. The highest BCUT2D eigenvalue weighted by molar-refractivity contribution is 7.16. The zero-order chi connectivity index (χ0) is 25.1.